The molecular weight excluding hydrogens is 233 g/mol. The van der Waals surface area contributed by atoms with Crippen LogP contribution in [-0.2, 0) is 4.79 Å². The van der Waals surface area contributed by atoms with Crippen molar-refractivity contribution < 1.29 is 18.0 Å². The summed E-state index contributed by atoms with van der Waals surface area (Å²) in [6, 6.07) is -0.402. The molecule has 1 spiro atoms. The molecule has 3 nitrogen and oxygen atoms in total. The van der Waals surface area contributed by atoms with Gasteiger partial charge in [0.05, 0.1) is 6.42 Å². The second kappa shape index (κ2) is 3.86. The first-order valence-electron chi connectivity index (χ1n) is 5.79. The molecule has 1 N–H and O–H groups in total. The monoisotopic (exact) mass is 250 g/mol. The van der Waals surface area contributed by atoms with Gasteiger partial charge in [-0.15, -0.1) is 0 Å². The number of nitrogens with zero attached hydrogens (tertiary/aromatic N) is 1. The molecule has 2 aliphatic rings. The van der Waals surface area contributed by atoms with Gasteiger partial charge in [-0.1, -0.05) is 0 Å². The highest BCUT2D eigenvalue weighted by molar-refractivity contribution is 5.79. The third-order valence-corrected chi connectivity index (χ3v) is 4.25. The van der Waals surface area contributed by atoms with Crippen LogP contribution in [0.4, 0.5) is 13.2 Å². The molecular formula is C11H17F3N2O. The zero-order valence-corrected chi connectivity index (χ0v) is 9.97. The smallest absolute Gasteiger partial charge is 0.359 e. The Kier molecular flexibility index (Phi) is 2.88. The number of nitrogens with one attached hydrogen (secondary N) is 1. The van der Waals surface area contributed by atoms with E-state index in [2.05, 4.69) is 5.32 Å². The molecule has 1 heterocycles. The van der Waals surface area contributed by atoms with E-state index in [0.717, 1.165) is 0 Å². The minimum Gasteiger partial charge on any atom is -0.359 e. The number of likely N-dealkylation sites (tertiary alicyclic amines) is 1. The van der Waals surface area contributed by atoms with Crippen LogP contribution < -0.4 is 5.32 Å². The van der Waals surface area contributed by atoms with E-state index >= 15 is 0 Å². The lowest BCUT2D eigenvalue weighted by Crippen LogP contribution is -2.71. The Labute approximate surface area is 98.3 Å². The molecule has 1 saturated heterocycles. The highest BCUT2D eigenvalue weighted by Gasteiger charge is 2.59. The topological polar surface area (TPSA) is 32.3 Å². The maximum atomic E-state index is 12.2. The second-order valence-electron chi connectivity index (χ2n) is 5.23. The van der Waals surface area contributed by atoms with Crippen molar-refractivity contribution in [1.29, 1.82) is 0 Å². The van der Waals surface area contributed by atoms with E-state index in [0.29, 0.717) is 19.3 Å². The summed E-state index contributed by atoms with van der Waals surface area (Å²) >= 11 is 0. The van der Waals surface area contributed by atoms with E-state index in [1.165, 1.54) is 0 Å². The summed E-state index contributed by atoms with van der Waals surface area (Å²) in [5.74, 6) is -0.0161. The fraction of sp³-hybridized carbons (Fsp3) is 0.909. The normalized spacial score (nSPS) is 37.5. The van der Waals surface area contributed by atoms with Gasteiger partial charge in [0.2, 0.25) is 5.91 Å². The van der Waals surface area contributed by atoms with E-state index in [9.17, 15) is 18.0 Å². The molecule has 6 heteroatoms. The van der Waals surface area contributed by atoms with Gasteiger partial charge < -0.3 is 5.32 Å². The molecule has 2 fully saturated rings. The quantitative estimate of drug-likeness (QED) is 0.806. The lowest BCUT2D eigenvalue weighted by atomic mass is 9.58. The van der Waals surface area contributed by atoms with Crippen LogP contribution in [0.1, 0.15) is 25.7 Å². The average molecular weight is 250 g/mol. The van der Waals surface area contributed by atoms with E-state index in [4.69, 9.17) is 0 Å². The average Bonchev–Trinajstić information content (AvgIpc) is 2.17. The summed E-state index contributed by atoms with van der Waals surface area (Å²) in [7, 11) is 3.32. The van der Waals surface area contributed by atoms with E-state index < -0.39 is 18.6 Å². The number of rotatable bonds is 2. The van der Waals surface area contributed by atoms with Crippen molar-refractivity contribution >= 4 is 5.91 Å². The van der Waals surface area contributed by atoms with Crippen LogP contribution in [0, 0.1) is 5.92 Å². The Balaban J connectivity index is 1.83. The Morgan fingerprint density at radius 3 is 2.41 bits per heavy atom. The Hall–Kier alpha value is -0.780. The van der Waals surface area contributed by atoms with E-state index in [1.54, 1.807) is 19.0 Å². The molecule has 0 aromatic carbocycles. The molecule has 1 aliphatic carbocycles. The predicted molar refractivity (Wildman–Crippen MR) is 56.4 cm³/mol. The molecule has 98 valence electrons. The highest BCUT2D eigenvalue weighted by atomic mass is 19.4. The minimum absolute atomic E-state index is 0.00305. The summed E-state index contributed by atoms with van der Waals surface area (Å²) in [4.78, 5) is 13.1. The third-order valence-electron chi connectivity index (χ3n) is 4.25. The zero-order valence-electron chi connectivity index (χ0n) is 9.97. The van der Waals surface area contributed by atoms with Gasteiger partial charge in [-0.05, 0) is 26.3 Å². The lowest BCUT2D eigenvalue weighted by Gasteiger charge is -2.64. The molecule has 17 heavy (non-hydrogen) atoms. The number of halogens is 3. The Morgan fingerprint density at radius 2 is 2.00 bits per heavy atom. The second-order valence-corrected chi connectivity index (χ2v) is 5.23. The van der Waals surface area contributed by atoms with E-state index in [-0.39, 0.29) is 17.4 Å². The Bertz CT molecular complexity index is 323. The maximum Gasteiger partial charge on any atom is 0.390 e. The number of alkyl halides is 3. The van der Waals surface area contributed by atoms with Crippen molar-refractivity contribution in [1.82, 2.24) is 10.2 Å². The first-order valence-corrected chi connectivity index (χ1v) is 5.79. The van der Waals surface area contributed by atoms with Gasteiger partial charge >= 0.3 is 6.18 Å². The SMILES string of the molecule is CNC(=O)C1CC2(C1)CC(CC(F)(F)F)N2C. The number of carbonyl (C=O) groups excluding carboxylic acids is 1. The van der Waals surface area contributed by atoms with Crippen molar-refractivity contribution in [3.05, 3.63) is 0 Å². The summed E-state index contributed by atoms with van der Waals surface area (Å²) in [6.45, 7) is 0. The third kappa shape index (κ3) is 2.14. The van der Waals surface area contributed by atoms with E-state index in [1.807, 2.05) is 0 Å². The summed E-state index contributed by atoms with van der Waals surface area (Å²) in [5.41, 5.74) is -0.132. The van der Waals surface area contributed by atoms with Gasteiger partial charge in [0.15, 0.2) is 0 Å². The van der Waals surface area contributed by atoms with Crippen molar-refractivity contribution in [2.75, 3.05) is 14.1 Å². The number of amides is 1. The maximum absolute atomic E-state index is 12.2. The van der Waals surface area contributed by atoms with Gasteiger partial charge in [0.1, 0.15) is 0 Å². The molecule has 0 bridgehead atoms. The van der Waals surface area contributed by atoms with Crippen molar-refractivity contribution in [3.63, 3.8) is 0 Å². The molecule has 1 saturated carbocycles. The van der Waals surface area contributed by atoms with Crippen LogP contribution in [-0.4, -0.2) is 42.7 Å². The first-order chi connectivity index (χ1) is 7.77. The molecule has 1 unspecified atom stereocenters. The van der Waals surface area contributed by atoms with Crippen LogP contribution in [0.15, 0.2) is 0 Å². The van der Waals surface area contributed by atoms with Gasteiger partial charge in [0, 0.05) is 24.5 Å². The Morgan fingerprint density at radius 1 is 1.41 bits per heavy atom. The zero-order chi connectivity index (χ0) is 12.8. The molecule has 0 radical (unpaired) electrons. The van der Waals surface area contributed by atoms with Gasteiger partial charge in [0.25, 0.3) is 0 Å². The van der Waals surface area contributed by atoms with Crippen LogP contribution >= 0.6 is 0 Å². The highest BCUT2D eigenvalue weighted by Crippen LogP contribution is 2.54. The van der Waals surface area contributed by atoms with Crippen LogP contribution in [0.25, 0.3) is 0 Å². The standard InChI is InChI=1S/C11H17F3N2O/c1-15-9(17)7-3-10(4-7)5-8(16(10)2)6-11(12,13)14/h7-8H,3-6H2,1-2H3,(H,15,17). The van der Waals surface area contributed by atoms with Crippen molar-refractivity contribution in [2.24, 2.45) is 5.92 Å². The van der Waals surface area contributed by atoms with Crippen LogP contribution in [0.5, 0.6) is 0 Å². The summed E-state index contributed by atoms with van der Waals surface area (Å²) in [5, 5.41) is 2.58. The van der Waals surface area contributed by atoms with Gasteiger partial charge in [-0.25, -0.2) is 0 Å². The van der Waals surface area contributed by atoms with Gasteiger partial charge in [-0.2, -0.15) is 13.2 Å². The largest absolute Gasteiger partial charge is 0.390 e. The first kappa shape index (κ1) is 12.7. The summed E-state index contributed by atoms with van der Waals surface area (Å²) in [6.07, 6.45) is -2.88. The van der Waals surface area contributed by atoms with Crippen LogP contribution in [0.2, 0.25) is 0 Å². The number of hydrogen-bond donors (Lipinski definition) is 1. The molecule has 1 atom stereocenters. The number of hydrogen-bond acceptors (Lipinski definition) is 2. The fourth-order valence-corrected chi connectivity index (χ4v) is 3.17. The molecule has 1 amide bonds. The molecule has 2 rings (SSSR count). The van der Waals surface area contributed by atoms with Crippen LogP contribution in [0.3, 0.4) is 0 Å². The van der Waals surface area contributed by atoms with Crippen molar-refractivity contribution in [2.45, 2.75) is 43.4 Å². The predicted octanol–water partition coefficient (Wildman–Crippen LogP) is 1.54. The molecule has 1 aliphatic heterocycles. The van der Waals surface area contributed by atoms with Crippen molar-refractivity contribution in [3.8, 4) is 0 Å². The summed E-state index contributed by atoms with van der Waals surface area (Å²) < 4.78 is 36.7. The molecule has 0 aromatic rings. The van der Waals surface area contributed by atoms with Gasteiger partial charge in [-0.3, -0.25) is 9.69 Å². The minimum atomic E-state index is -4.09. The number of carbonyl (C=O) groups is 1. The lowest BCUT2D eigenvalue weighted by molar-refractivity contribution is -0.197. The fourth-order valence-electron chi connectivity index (χ4n) is 3.17. The molecule has 0 aromatic heterocycles.